The lowest BCUT2D eigenvalue weighted by Crippen LogP contribution is -1.48. The molecule has 0 N–H and O–H groups in total. The fraction of sp³-hybridized carbons (Fsp3) is 0. The van der Waals surface area contributed by atoms with Crippen LogP contribution in [0.4, 0.5) is 7.77 Å². The Labute approximate surface area is 58.7 Å². The summed E-state index contributed by atoms with van der Waals surface area (Å²) in [7, 11) is 7.36. The first-order chi connectivity index (χ1) is 3.46. The second-order valence-corrected chi connectivity index (χ2v) is 3.26. The summed E-state index contributed by atoms with van der Waals surface area (Å²) in [4.78, 5) is 0. The Morgan fingerprint density at radius 1 is 1.12 bits per heavy atom. The number of hydrogen-bond donors (Lipinski definition) is 0. The summed E-state index contributed by atoms with van der Waals surface area (Å²) in [5.74, 6) is 0. The summed E-state index contributed by atoms with van der Waals surface area (Å²) >= 11 is -3.61. The molecule has 0 aliphatic rings. The van der Waals surface area contributed by atoms with Gasteiger partial charge in [-0.05, 0) is 0 Å². The maximum atomic E-state index is 9.81. The minimum absolute atomic E-state index is 1.67. The molecule has 8 heteroatoms. The van der Waals surface area contributed by atoms with Crippen LogP contribution in [-0.2, 0) is 20.8 Å². The quantitative estimate of drug-likeness (QED) is 0.562. The summed E-state index contributed by atoms with van der Waals surface area (Å²) < 4.78 is 36.9. The summed E-state index contributed by atoms with van der Waals surface area (Å²) in [6.45, 7) is 0. The van der Waals surface area contributed by atoms with E-state index < -0.39 is 20.8 Å². The Bertz CT molecular complexity index is 74.0. The van der Waals surface area contributed by atoms with Gasteiger partial charge in [0.1, 0.15) is 0 Å². The summed E-state index contributed by atoms with van der Waals surface area (Å²) in [5.41, 5.74) is 0. The molecule has 0 saturated carbocycles. The summed E-state index contributed by atoms with van der Waals surface area (Å²) in [5, 5.41) is 0. The largest absolute Gasteiger partial charge is 0.385 e. The maximum Gasteiger partial charge on any atom is 0.385 e. The molecule has 0 fully saturated rings. The fourth-order valence-corrected chi connectivity index (χ4v) is 0. The van der Waals surface area contributed by atoms with Gasteiger partial charge in [0, 0.05) is 21.4 Å². The van der Waals surface area contributed by atoms with Crippen molar-refractivity contribution in [2.24, 2.45) is 0 Å². The lowest BCUT2D eigenvalue weighted by atomic mass is 16.0. The van der Waals surface area contributed by atoms with Crippen molar-refractivity contribution in [1.29, 1.82) is 0 Å². The van der Waals surface area contributed by atoms with Gasteiger partial charge in [-0.3, -0.25) is 0 Å². The van der Waals surface area contributed by atoms with Gasteiger partial charge in [-0.15, -0.1) is 0 Å². The second-order valence-electron chi connectivity index (χ2n) is 0.369. The first kappa shape index (κ1) is 11.5. The molecule has 0 rings (SSSR count). The highest BCUT2D eigenvalue weighted by atomic mass is 36.0. The molecule has 0 atom stereocenters. The van der Waals surface area contributed by atoms with Gasteiger partial charge in [-0.1, -0.05) is 7.77 Å². The molecule has 0 unspecified atom stereocenters. The van der Waals surface area contributed by atoms with E-state index in [4.69, 9.17) is 8.42 Å². The van der Waals surface area contributed by atoms with Crippen molar-refractivity contribution in [1.82, 2.24) is 0 Å². The van der Waals surface area contributed by atoms with E-state index in [0.29, 0.717) is 0 Å². The molecule has 52 valence electrons. The Hall–Kier alpha value is 0.740. The first-order valence-corrected chi connectivity index (χ1v) is 4.70. The van der Waals surface area contributed by atoms with Crippen molar-refractivity contribution < 1.29 is 16.2 Å². The second kappa shape index (κ2) is 7.74. The van der Waals surface area contributed by atoms with Crippen LogP contribution < -0.4 is 0 Å². The molecule has 0 spiro atoms. The minimum Gasteiger partial charge on any atom is -0.225 e. The van der Waals surface area contributed by atoms with Crippen LogP contribution in [0.2, 0.25) is 0 Å². The average Bonchev–Trinajstić information content (AvgIpc) is 1.25. The van der Waals surface area contributed by atoms with Crippen LogP contribution in [0, 0.1) is 0 Å². The highest BCUT2D eigenvalue weighted by Gasteiger charge is 1.74. The molecule has 0 bridgehead atoms. The van der Waals surface area contributed by atoms with E-state index in [1.807, 2.05) is 0 Å². The molecule has 2 nitrogen and oxygen atoms in total. The molecule has 0 aliphatic heterocycles. The number of halogens is 4. The fourth-order valence-electron chi connectivity index (χ4n) is 0. The normalized spacial score (nSPS) is 8.75. The van der Waals surface area contributed by atoms with Crippen molar-refractivity contribution >= 4 is 42.2 Å². The number of hydrogen-bond acceptors (Lipinski definition) is 2. The van der Waals surface area contributed by atoms with Crippen LogP contribution in [0.3, 0.4) is 0 Å². The zero-order valence-corrected chi connectivity index (χ0v) is 6.29. The van der Waals surface area contributed by atoms with E-state index in [-0.39, 0.29) is 0 Å². The molecular formula is Cl2F2O2S2. The van der Waals surface area contributed by atoms with Crippen molar-refractivity contribution in [3.63, 3.8) is 0 Å². The van der Waals surface area contributed by atoms with E-state index in [0.717, 1.165) is 0 Å². The van der Waals surface area contributed by atoms with Gasteiger partial charge in [-0.25, -0.2) is 4.21 Å². The van der Waals surface area contributed by atoms with Crippen LogP contribution in [0.15, 0.2) is 0 Å². The van der Waals surface area contributed by atoms with E-state index in [1.165, 1.54) is 0 Å². The molecule has 0 aliphatic carbocycles. The van der Waals surface area contributed by atoms with E-state index in [9.17, 15) is 7.77 Å². The molecule has 8 heavy (non-hydrogen) atoms. The number of rotatable bonds is 0. The van der Waals surface area contributed by atoms with Gasteiger partial charge in [0.05, 0.1) is 0 Å². The SMILES string of the molecule is O=S(Cl)Cl.O=S(F)F. The Kier molecular flexibility index (Phi) is 11.2. The average molecular weight is 205 g/mol. The van der Waals surface area contributed by atoms with Crippen LogP contribution in [0.25, 0.3) is 0 Å². The predicted molar refractivity (Wildman–Crippen MR) is 30.2 cm³/mol. The van der Waals surface area contributed by atoms with Crippen LogP contribution in [-0.4, -0.2) is 8.42 Å². The van der Waals surface area contributed by atoms with Crippen LogP contribution in [0.1, 0.15) is 0 Å². The molecule has 0 radical (unpaired) electrons. The Balaban J connectivity index is 0. The topological polar surface area (TPSA) is 34.1 Å². The standard InChI is InChI=1S/Cl2OS.F2OS/c2*1-4(2)3. The zero-order valence-electron chi connectivity index (χ0n) is 3.14. The van der Waals surface area contributed by atoms with Gasteiger partial charge in [-0.2, -0.15) is 4.21 Å². The third-order valence-electron chi connectivity index (χ3n) is 0. The predicted octanol–water partition coefficient (Wildman–Crippen LogP) is 1.55. The lowest BCUT2D eigenvalue weighted by molar-refractivity contribution is 0.602. The molecule has 0 heterocycles. The molecule has 0 aromatic carbocycles. The molecule has 0 aromatic rings. The highest BCUT2D eigenvalue weighted by molar-refractivity contribution is 8.26. The first-order valence-electron chi connectivity index (χ1n) is 0.951. The monoisotopic (exact) mass is 204 g/mol. The van der Waals surface area contributed by atoms with Crippen LogP contribution in [0.5, 0.6) is 0 Å². The maximum absolute atomic E-state index is 9.81. The van der Waals surface area contributed by atoms with Crippen molar-refractivity contribution in [3.05, 3.63) is 0 Å². The van der Waals surface area contributed by atoms with Crippen molar-refractivity contribution in [2.45, 2.75) is 0 Å². The molecular weight excluding hydrogens is 205 g/mol. The molecule has 0 amide bonds. The molecule has 0 aromatic heterocycles. The van der Waals surface area contributed by atoms with E-state index >= 15 is 0 Å². The van der Waals surface area contributed by atoms with E-state index in [1.54, 1.807) is 0 Å². The Morgan fingerprint density at radius 3 is 1.12 bits per heavy atom. The van der Waals surface area contributed by atoms with Crippen molar-refractivity contribution in [3.8, 4) is 0 Å². The lowest BCUT2D eigenvalue weighted by Gasteiger charge is -1.50. The van der Waals surface area contributed by atoms with Crippen molar-refractivity contribution in [2.75, 3.05) is 0 Å². The minimum atomic E-state index is -3.61. The summed E-state index contributed by atoms with van der Waals surface area (Å²) in [6.07, 6.45) is 0. The van der Waals surface area contributed by atoms with Gasteiger partial charge < -0.3 is 0 Å². The van der Waals surface area contributed by atoms with Crippen LogP contribution >= 0.6 is 21.4 Å². The van der Waals surface area contributed by atoms with Gasteiger partial charge in [0.15, 0.2) is 0 Å². The zero-order chi connectivity index (χ0) is 7.15. The van der Waals surface area contributed by atoms with Gasteiger partial charge in [0.2, 0.25) is 9.23 Å². The third kappa shape index (κ3) is 406. The van der Waals surface area contributed by atoms with E-state index in [2.05, 4.69) is 21.4 Å². The van der Waals surface area contributed by atoms with Gasteiger partial charge >= 0.3 is 11.6 Å². The van der Waals surface area contributed by atoms with Gasteiger partial charge in [0.25, 0.3) is 0 Å². The third-order valence-corrected chi connectivity index (χ3v) is 0. The summed E-state index contributed by atoms with van der Waals surface area (Å²) in [6, 6.07) is 0. The Morgan fingerprint density at radius 2 is 1.12 bits per heavy atom. The highest BCUT2D eigenvalue weighted by Crippen LogP contribution is 1.89. The molecule has 0 saturated heterocycles. The smallest absolute Gasteiger partial charge is 0.225 e.